The average molecular weight is 744 g/mol. The van der Waals surface area contributed by atoms with E-state index in [1.165, 1.54) is 0 Å². The first-order valence-electron chi connectivity index (χ1n) is 17.5. The van der Waals surface area contributed by atoms with Crippen molar-refractivity contribution < 1.29 is 9.68 Å². The van der Waals surface area contributed by atoms with Gasteiger partial charge in [-0.1, -0.05) is 145 Å². The minimum Gasteiger partial charge on any atom is -0.243 e. The molecule has 2 fully saturated rings. The number of halogens is 2. The quantitative estimate of drug-likeness (QED) is 0.156. The Morgan fingerprint density at radius 2 is 0.630 bits per heavy atom. The maximum absolute atomic E-state index is 6.79. The number of rotatable bonds is 8. The van der Waals surface area contributed by atoms with Crippen LogP contribution in [0.25, 0.3) is 0 Å². The molecule has 0 aliphatic carbocycles. The van der Waals surface area contributed by atoms with E-state index in [2.05, 4.69) is 48.5 Å². The van der Waals surface area contributed by atoms with Crippen molar-refractivity contribution >= 4 is 57.6 Å². The van der Waals surface area contributed by atoms with Crippen molar-refractivity contribution in [3.63, 3.8) is 0 Å². The van der Waals surface area contributed by atoms with Gasteiger partial charge in [0.1, 0.15) is 0 Å². The third-order valence-electron chi connectivity index (χ3n) is 9.63. The third-order valence-corrected chi connectivity index (χ3v) is 10.1. The van der Waals surface area contributed by atoms with E-state index in [4.69, 9.17) is 42.9 Å². The lowest BCUT2D eigenvalue weighted by Gasteiger charge is -2.51. The van der Waals surface area contributed by atoms with Crippen LogP contribution in [-0.2, 0) is 20.9 Å². The molecule has 0 saturated carbocycles. The van der Waals surface area contributed by atoms with Crippen molar-refractivity contribution in [3.8, 4) is 0 Å². The number of hydroxylamine groups is 2. The zero-order valence-corrected chi connectivity index (χ0v) is 30.3. The Morgan fingerprint density at radius 3 is 0.907 bits per heavy atom. The van der Waals surface area contributed by atoms with Gasteiger partial charge < -0.3 is 0 Å². The molecule has 0 aromatic heterocycles. The summed E-state index contributed by atoms with van der Waals surface area (Å²) < 4.78 is 0. The fraction of sp³-hybridized carbons (Fsp3) is 0.0435. The Kier molecular flexibility index (Phi) is 8.81. The second kappa shape index (κ2) is 14.1. The van der Waals surface area contributed by atoms with Crippen molar-refractivity contribution in [1.29, 1.82) is 0 Å². The molecule has 2 saturated heterocycles. The summed E-state index contributed by atoms with van der Waals surface area (Å²) in [5.41, 5.74) is 5.07. The highest BCUT2D eigenvalue weighted by Crippen LogP contribution is 2.49. The third kappa shape index (κ3) is 5.86. The molecule has 0 atom stereocenters. The normalized spacial score (nSPS) is 17.2. The van der Waals surface area contributed by atoms with Crippen LogP contribution in [0.4, 0.5) is 22.7 Å². The van der Waals surface area contributed by atoms with Crippen LogP contribution >= 0.6 is 23.2 Å². The van der Waals surface area contributed by atoms with Gasteiger partial charge in [-0.15, -0.1) is 0 Å². The molecule has 6 nitrogen and oxygen atoms in total. The summed E-state index contributed by atoms with van der Waals surface area (Å²) in [5.74, 6) is 1.43. The van der Waals surface area contributed by atoms with Crippen LogP contribution in [-0.4, -0.2) is 11.7 Å². The summed E-state index contributed by atoms with van der Waals surface area (Å²) in [6.07, 6.45) is 0. The minimum atomic E-state index is -0.950. The fourth-order valence-corrected chi connectivity index (χ4v) is 7.25. The molecule has 0 spiro atoms. The smallest absolute Gasteiger partial charge is 0.206 e. The number of hydrogen-bond acceptors (Lipinski definition) is 4. The summed E-state index contributed by atoms with van der Waals surface area (Å²) in [7, 11) is 0. The molecule has 7 aromatic carbocycles. The van der Waals surface area contributed by atoms with Crippen molar-refractivity contribution in [3.05, 3.63) is 226 Å². The molecule has 0 N–H and O–H groups in total. The Bertz CT molecular complexity index is 2190. The van der Waals surface area contributed by atoms with Gasteiger partial charge in [-0.05, 0) is 95.1 Å². The molecule has 8 heteroatoms. The van der Waals surface area contributed by atoms with Gasteiger partial charge in [0.15, 0.2) is 11.7 Å². The molecule has 9 rings (SSSR count). The molecule has 2 aliphatic rings. The van der Waals surface area contributed by atoms with Gasteiger partial charge in [-0.3, -0.25) is 0 Å². The zero-order valence-electron chi connectivity index (χ0n) is 28.8. The number of aliphatic imine (C=N–C) groups is 2. The van der Waals surface area contributed by atoms with Crippen LogP contribution in [0, 0.1) is 0 Å². The summed E-state index contributed by atoms with van der Waals surface area (Å²) in [6, 6.07) is 63.7. The number of anilines is 2. The standard InChI is InChI=1S/C46H32Cl2N4O2/c47-37-21-29-41(30-22-37)51-43(45(53-51,33-13-5-1-6-14-33)34-15-7-2-8-16-34)49-39-25-27-40(28-26-39)50-44-46(35-17-9-3-10-18-35,36-19-11-4-12-20-36)54-52(44)42-31-23-38(48)24-32-42/h1-32H. The number of benzene rings is 7. The molecule has 0 bridgehead atoms. The molecule has 0 radical (unpaired) electrons. The van der Waals surface area contributed by atoms with Crippen LogP contribution in [0.3, 0.4) is 0 Å². The van der Waals surface area contributed by atoms with E-state index in [0.717, 1.165) is 56.7 Å². The van der Waals surface area contributed by atoms with Gasteiger partial charge in [0.25, 0.3) is 0 Å². The Hall–Kier alpha value is -6.02. The summed E-state index contributed by atoms with van der Waals surface area (Å²) >= 11 is 12.6. The number of nitrogens with zero attached hydrogens (tertiary/aromatic N) is 4. The molecule has 2 heterocycles. The summed E-state index contributed by atoms with van der Waals surface area (Å²) in [5, 5.41) is 4.83. The Morgan fingerprint density at radius 1 is 0.352 bits per heavy atom. The Labute approximate surface area is 323 Å². The molecule has 7 aromatic rings. The van der Waals surface area contributed by atoms with Gasteiger partial charge in [0, 0.05) is 10.0 Å². The van der Waals surface area contributed by atoms with Crippen molar-refractivity contribution in [2.24, 2.45) is 9.98 Å². The maximum atomic E-state index is 6.79. The predicted molar refractivity (Wildman–Crippen MR) is 218 cm³/mol. The van der Waals surface area contributed by atoms with Crippen LogP contribution < -0.4 is 10.1 Å². The van der Waals surface area contributed by atoms with Gasteiger partial charge in [-0.2, -0.15) is 0 Å². The van der Waals surface area contributed by atoms with Crippen molar-refractivity contribution in [2.45, 2.75) is 11.2 Å². The molecule has 0 unspecified atom stereocenters. The van der Waals surface area contributed by atoms with Gasteiger partial charge >= 0.3 is 0 Å². The zero-order chi connectivity index (χ0) is 36.5. The van der Waals surface area contributed by atoms with E-state index in [1.807, 2.05) is 146 Å². The van der Waals surface area contributed by atoms with E-state index in [1.54, 1.807) is 10.1 Å². The van der Waals surface area contributed by atoms with Crippen LogP contribution in [0.2, 0.25) is 10.0 Å². The summed E-state index contributed by atoms with van der Waals surface area (Å²) in [4.78, 5) is 24.1. The molecule has 262 valence electrons. The second-order valence-electron chi connectivity index (χ2n) is 12.9. The van der Waals surface area contributed by atoms with E-state index in [-0.39, 0.29) is 0 Å². The molecule has 2 aliphatic heterocycles. The summed E-state index contributed by atoms with van der Waals surface area (Å²) in [6.45, 7) is 0. The predicted octanol–water partition coefficient (Wildman–Crippen LogP) is 11.8. The molecule has 0 amide bonds. The van der Waals surface area contributed by atoms with E-state index < -0.39 is 11.2 Å². The lowest BCUT2D eigenvalue weighted by atomic mass is 9.82. The minimum absolute atomic E-state index is 0.641. The van der Waals surface area contributed by atoms with Crippen molar-refractivity contribution in [2.75, 3.05) is 10.1 Å². The van der Waals surface area contributed by atoms with E-state index in [9.17, 15) is 0 Å². The highest BCUT2D eigenvalue weighted by Gasteiger charge is 2.57. The van der Waals surface area contributed by atoms with Crippen LogP contribution in [0.5, 0.6) is 0 Å². The lowest BCUT2D eigenvalue weighted by Crippen LogP contribution is -2.63. The van der Waals surface area contributed by atoms with Crippen LogP contribution in [0.1, 0.15) is 22.3 Å². The lowest BCUT2D eigenvalue weighted by molar-refractivity contribution is -0.0224. The first kappa shape index (κ1) is 33.8. The Balaban J connectivity index is 1.15. The number of hydrogen-bond donors (Lipinski definition) is 0. The molecule has 54 heavy (non-hydrogen) atoms. The average Bonchev–Trinajstić information content (AvgIpc) is 3.22. The molecular formula is C46H32Cl2N4O2. The first-order valence-corrected chi connectivity index (χ1v) is 18.3. The first-order chi connectivity index (χ1) is 26.5. The van der Waals surface area contributed by atoms with Gasteiger partial charge in [0.05, 0.1) is 22.7 Å². The fourth-order valence-electron chi connectivity index (χ4n) is 7.00. The van der Waals surface area contributed by atoms with Gasteiger partial charge in [0.2, 0.25) is 11.2 Å². The molecular weight excluding hydrogens is 711 g/mol. The second-order valence-corrected chi connectivity index (χ2v) is 13.8. The largest absolute Gasteiger partial charge is 0.243 e. The van der Waals surface area contributed by atoms with Crippen molar-refractivity contribution in [1.82, 2.24) is 0 Å². The highest BCUT2D eigenvalue weighted by molar-refractivity contribution is 6.31. The van der Waals surface area contributed by atoms with Gasteiger partial charge in [-0.25, -0.2) is 29.8 Å². The SMILES string of the molecule is Clc1ccc(N2OC(c3ccccc3)(c3ccccc3)C2=Nc2ccc(N=C3N(c4ccc(Cl)cc4)OC3(c3ccccc3)c3ccccc3)cc2)cc1. The van der Waals surface area contributed by atoms with Crippen LogP contribution in [0.15, 0.2) is 204 Å². The highest BCUT2D eigenvalue weighted by atomic mass is 35.5. The monoisotopic (exact) mass is 742 g/mol. The van der Waals surface area contributed by atoms with E-state index >= 15 is 0 Å². The topological polar surface area (TPSA) is 49.7 Å². The number of amidine groups is 2. The van der Waals surface area contributed by atoms with E-state index in [0.29, 0.717) is 10.0 Å². The maximum Gasteiger partial charge on any atom is 0.206 e.